The minimum absolute atomic E-state index is 0.388. The van der Waals surface area contributed by atoms with Gasteiger partial charge in [-0.3, -0.25) is 0 Å². The van der Waals surface area contributed by atoms with Crippen LogP contribution in [0, 0.1) is 13.8 Å². The smallest absolute Gasteiger partial charge is 0.0885 e. The van der Waals surface area contributed by atoms with Crippen molar-refractivity contribution in [2.75, 3.05) is 13.2 Å². The molecule has 1 aromatic rings. The summed E-state index contributed by atoms with van der Waals surface area (Å²) in [6.07, 6.45) is 2.49. The summed E-state index contributed by atoms with van der Waals surface area (Å²) in [7, 11) is 0. The molecule has 1 rings (SSSR count). The predicted molar refractivity (Wildman–Crippen MR) is 73.1 cm³/mol. The van der Waals surface area contributed by atoms with Crippen LogP contribution in [-0.4, -0.2) is 13.2 Å². The van der Waals surface area contributed by atoms with Gasteiger partial charge >= 0.3 is 0 Å². The van der Waals surface area contributed by atoms with Gasteiger partial charge in [-0.1, -0.05) is 30.3 Å². The van der Waals surface area contributed by atoms with Gasteiger partial charge in [-0.25, -0.2) is 0 Å². The molecule has 1 N–H and O–H groups in total. The van der Waals surface area contributed by atoms with Gasteiger partial charge in [-0.15, -0.1) is 0 Å². The number of hydrogen-bond donors (Lipinski definition) is 1. The van der Waals surface area contributed by atoms with E-state index >= 15 is 0 Å². The first-order chi connectivity index (χ1) is 8.15. The van der Waals surface area contributed by atoms with Crippen LogP contribution >= 0.6 is 0 Å². The SMILES string of the molecule is C=COCCCNC(C)c1ccc(C)cc1C. The maximum Gasteiger partial charge on any atom is 0.0885 e. The first-order valence-electron chi connectivity index (χ1n) is 6.18. The Hall–Kier alpha value is -1.28. The van der Waals surface area contributed by atoms with E-state index in [1.165, 1.54) is 23.0 Å². The molecule has 0 aromatic heterocycles. The van der Waals surface area contributed by atoms with Gasteiger partial charge in [0.25, 0.3) is 0 Å². The van der Waals surface area contributed by atoms with Crippen molar-refractivity contribution in [2.45, 2.75) is 33.2 Å². The molecule has 0 amide bonds. The average molecular weight is 233 g/mol. The van der Waals surface area contributed by atoms with E-state index in [4.69, 9.17) is 4.74 Å². The molecule has 94 valence electrons. The Labute approximate surface area is 105 Å². The van der Waals surface area contributed by atoms with Gasteiger partial charge < -0.3 is 10.1 Å². The van der Waals surface area contributed by atoms with Crippen LogP contribution in [0.5, 0.6) is 0 Å². The number of aryl methyl sites for hydroxylation is 2. The van der Waals surface area contributed by atoms with Crippen LogP contribution in [0.3, 0.4) is 0 Å². The van der Waals surface area contributed by atoms with E-state index in [1.807, 2.05) is 0 Å². The van der Waals surface area contributed by atoms with Gasteiger partial charge in [0.05, 0.1) is 12.9 Å². The molecule has 17 heavy (non-hydrogen) atoms. The third-order valence-electron chi connectivity index (χ3n) is 2.90. The van der Waals surface area contributed by atoms with Gasteiger partial charge in [0.15, 0.2) is 0 Å². The highest BCUT2D eigenvalue weighted by molar-refractivity contribution is 5.32. The lowest BCUT2D eigenvalue weighted by Crippen LogP contribution is -2.21. The van der Waals surface area contributed by atoms with E-state index < -0.39 is 0 Å². The van der Waals surface area contributed by atoms with E-state index in [1.54, 1.807) is 0 Å². The second-order valence-corrected chi connectivity index (χ2v) is 4.43. The second kappa shape index (κ2) is 7.13. The molecule has 1 unspecified atom stereocenters. The average Bonchev–Trinajstić information content (AvgIpc) is 2.28. The fourth-order valence-corrected chi connectivity index (χ4v) is 1.98. The van der Waals surface area contributed by atoms with Crippen LogP contribution < -0.4 is 5.32 Å². The fraction of sp³-hybridized carbons (Fsp3) is 0.467. The summed E-state index contributed by atoms with van der Waals surface area (Å²) in [5.74, 6) is 0. The van der Waals surface area contributed by atoms with Gasteiger partial charge in [0.2, 0.25) is 0 Å². The maximum atomic E-state index is 5.08. The zero-order valence-corrected chi connectivity index (χ0v) is 11.1. The minimum atomic E-state index is 0.388. The van der Waals surface area contributed by atoms with Gasteiger partial charge in [0, 0.05) is 6.04 Å². The monoisotopic (exact) mass is 233 g/mol. The number of benzene rings is 1. The Bertz CT molecular complexity index is 360. The molecule has 1 aromatic carbocycles. The van der Waals surface area contributed by atoms with Crippen LogP contribution in [-0.2, 0) is 4.74 Å². The summed E-state index contributed by atoms with van der Waals surface area (Å²) in [4.78, 5) is 0. The minimum Gasteiger partial charge on any atom is -0.502 e. The summed E-state index contributed by atoms with van der Waals surface area (Å²) in [5, 5.41) is 3.50. The Morgan fingerprint density at radius 2 is 2.18 bits per heavy atom. The maximum absolute atomic E-state index is 5.08. The Morgan fingerprint density at radius 3 is 2.82 bits per heavy atom. The summed E-state index contributed by atoms with van der Waals surface area (Å²) in [6.45, 7) is 11.7. The molecule has 0 radical (unpaired) electrons. The summed E-state index contributed by atoms with van der Waals surface area (Å²) in [6, 6.07) is 7.00. The van der Waals surface area contributed by atoms with Crippen molar-refractivity contribution in [1.29, 1.82) is 0 Å². The lowest BCUT2D eigenvalue weighted by Gasteiger charge is -2.17. The highest BCUT2D eigenvalue weighted by Gasteiger charge is 2.07. The number of nitrogens with one attached hydrogen (secondary N) is 1. The number of hydrogen-bond acceptors (Lipinski definition) is 2. The molecular weight excluding hydrogens is 210 g/mol. The first kappa shape index (κ1) is 13.8. The van der Waals surface area contributed by atoms with E-state index in [-0.39, 0.29) is 0 Å². The molecule has 0 aliphatic heterocycles. The molecular formula is C15H23NO. The van der Waals surface area contributed by atoms with Crippen molar-refractivity contribution in [2.24, 2.45) is 0 Å². The summed E-state index contributed by atoms with van der Waals surface area (Å²) < 4.78 is 5.08. The highest BCUT2D eigenvalue weighted by atomic mass is 16.5. The molecule has 0 fully saturated rings. The quantitative estimate of drug-likeness (QED) is 0.575. The third kappa shape index (κ3) is 4.61. The van der Waals surface area contributed by atoms with Crippen molar-refractivity contribution in [3.05, 3.63) is 47.7 Å². The number of ether oxygens (including phenoxy) is 1. The largest absolute Gasteiger partial charge is 0.502 e. The Morgan fingerprint density at radius 1 is 1.41 bits per heavy atom. The van der Waals surface area contributed by atoms with E-state index in [9.17, 15) is 0 Å². The predicted octanol–water partition coefficient (Wildman–Crippen LogP) is 3.50. The van der Waals surface area contributed by atoms with Gasteiger partial charge in [-0.2, -0.15) is 0 Å². The topological polar surface area (TPSA) is 21.3 Å². The zero-order valence-electron chi connectivity index (χ0n) is 11.1. The third-order valence-corrected chi connectivity index (χ3v) is 2.90. The molecule has 0 aliphatic rings. The van der Waals surface area contributed by atoms with Crippen LogP contribution in [0.1, 0.15) is 36.1 Å². The lowest BCUT2D eigenvalue weighted by atomic mass is 10.0. The van der Waals surface area contributed by atoms with E-state index in [2.05, 4.69) is 50.9 Å². The molecule has 0 saturated heterocycles. The van der Waals surface area contributed by atoms with Gasteiger partial charge in [0.1, 0.15) is 0 Å². The van der Waals surface area contributed by atoms with E-state index in [0.717, 1.165) is 19.6 Å². The summed E-state index contributed by atoms with van der Waals surface area (Å²) >= 11 is 0. The molecule has 0 spiro atoms. The van der Waals surface area contributed by atoms with Crippen molar-refractivity contribution < 1.29 is 4.74 Å². The Balaban J connectivity index is 2.41. The first-order valence-corrected chi connectivity index (χ1v) is 6.18. The fourth-order valence-electron chi connectivity index (χ4n) is 1.98. The molecule has 0 saturated carbocycles. The number of rotatable bonds is 7. The lowest BCUT2D eigenvalue weighted by molar-refractivity contribution is 0.243. The van der Waals surface area contributed by atoms with Crippen molar-refractivity contribution in [3.8, 4) is 0 Å². The van der Waals surface area contributed by atoms with E-state index in [0.29, 0.717) is 6.04 Å². The normalized spacial score (nSPS) is 12.2. The van der Waals surface area contributed by atoms with Crippen LogP contribution in [0.25, 0.3) is 0 Å². The second-order valence-electron chi connectivity index (χ2n) is 4.43. The van der Waals surface area contributed by atoms with Crippen LogP contribution in [0.4, 0.5) is 0 Å². The van der Waals surface area contributed by atoms with Gasteiger partial charge in [-0.05, 0) is 44.9 Å². The van der Waals surface area contributed by atoms with Crippen molar-refractivity contribution >= 4 is 0 Å². The molecule has 0 aliphatic carbocycles. The van der Waals surface area contributed by atoms with Crippen molar-refractivity contribution in [1.82, 2.24) is 5.32 Å². The molecule has 2 nitrogen and oxygen atoms in total. The van der Waals surface area contributed by atoms with Crippen molar-refractivity contribution in [3.63, 3.8) is 0 Å². The van der Waals surface area contributed by atoms with Crippen LogP contribution in [0.2, 0.25) is 0 Å². The Kier molecular flexibility index (Phi) is 5.78. The molecule has 0 bridgehead atoms. The molecule has 1 atom stereocenters. The summed E-state index contributed by atoms with van der Waals surface area (Å²) in [5.41, 5.74) is 4.05. The van der Waals surface area contributed by atoms with Crippen LogP contribution in [0.15, 0.2) is 31.0 Å². The highest BCUT2D eigenvalue weighted by Crippen LogP contribution is 2.18. The zero-order chi connectivity index (χ0) is 12.7. The molecule has 0 heterocycles. The molecule has 2 heteroatoms. The standard InChI is InChI=1S/C15H23NO/c1-5-17-10-6-9-16-14(4)15-8-7-12(2)11-13(15)3/h5,7-8,11,14,16H,1,6,9-10H2,2-4H3.